The molecule has 1 fully saturated rings. The minimum absolute atomic E-state index is 0.187. The Morgan fingerprint density at radius 1 is 0.962 bits per heavy atom. The lowest BCUT2D eigenvalue weighted by Gasteiger charge is -2.20. The Bertz CT molecular complexity index is 770. The predicted octanol–water partition coefficient (Wildman–Crippen LogP) is 3.20. The van der Waals surface area contributed by atoms with Crippen molar-refractivity contribution in [2.45, 2.75) is 24.9 Å². The molecule has 2 aromatic rings. The van der Waals surface area contributed by atoms with Crippen LogP contribution < -0.4 is 24.8 Å². The maximum Gasteiger partial charge on any atom is 0.315 e. The summed E-state index contributed by atoms with van der Waals surface area (Å²) in [6.07, 6.45) is 1.80. The lowest BCUT2D eigenvalue weighted by Crippen LogP contribution is -2.41. The number of urea groups is 1. The van der Waals surface area contributed by atoms with Crippen LogP contribution in [0.15, 0.2) is 42.5 Å². The van der Waals surface area contributed by atoms with Crippen molar-refractivity contribution in [3.8, 4) is 17.2 Å². The van der Waals surface area contributed by atoms with Gasteiger partial charge in [0, 0.05) is 6.54 Å². The molecule has 0 saturated heterocycles. The van der Waals surface area contributed by atoms with Crippen LogP contribution in [-0.4, -0.2) is 27.4 Å². The average Bonchev–Trinajstić information content (AvgIpc) is 3.46. The van der Waals surface area contributed by atoms with E-state index in [4.69, 9.17) is 14.2 Å². The van der Waals surface area contributed by atoms with Crippen molar-refractivity contribution >= 4 is 6.03 Å². The van der Waals surface area contributed by atoms with E-state index in [2.05, 4.69) is 10.6 Å². The highest BCUT2D eigenvalue weighted by Gasteiger charge is 2.46. The molecular weight excluding hydrogens is 332 g/mol. The van der Waals surface area contributed by atoms with Crippen LogP contribution in [0.5, 0.6) is 17.2 Å². The Kier molecular flexibility index (Phi) is 5.21. The first-order chi connectivity index (χ1) is 12.6. The third-order valence-electron chi connectivity index (χ3n) is 4.65. The van der Waals surface area contributed by atoms with E-state index >= 15 is 0 Å². The van der Waals surface area contributed by atoms with Gasteiger partial charge in [-0.2, -0.15) is 0 Å². The van der Waals surface area contributed by atoms with Gasteiger partial charge in [0.25, 0.3) is 0 Å². The monoisotopic (exact) mass is 356 g/mol. The molecule has 0 unspecified atom stereocenters. The van der Waals surface area contributed by atoms with Crippen molar-refractivity contribution in [3.63, 3.8) is 0 Å². The van der Waals surface area contributed by atoms with E-state index in [0.717, 1.165) is 29.7 Å². The summed E-state index contributed by atoms with van der Waals surface area (Å²) in [4.78, 5) is 12.3. The molecule has 0 aromatic heterocycles. The molecule has 1 saturated carbocycles. The van der Waals surface area contributed by atoms with Gasteiger partial charge in [0.2, 0.25) is 0 Å². The highest BCUT2D eigenvalue weighted by atomic mass is 16.5. The topological polar surface area (TPSA) is 68.8 Å². The van der Waals surface area contributed by atoms with Gasteiger partial charge in [-0.3, -0.25) is 0 Å². The van der Waals surface area contributed by atoms with Gasteiger partial charge in [-0.05, 0) is 48.2 Å². The van der Waals surface area contributed by atoms with Gasteiger partial charge >= 0.3 is 6.03 Å². The zero-order valence-electron chi connectivity index (χ0n) is 15.3. The van der Waals surface area contributed by atoms with E-state index < -0.39 is 0 Å². The second-order valence-electron chi connectivity index (χ2n) is 6.31. The number of rotatable bonds is 7. The van der Waals surface area contributed by atoms with Crippen LogP contribution >= 0.6 is 0 Å². The summed E-state index contributed by atoms with van der Waals surface area (Å²) in [5, 5.41) is 6.00. The number of hydrogen-bond donors (Lipinski definition) is 2. The van der Waals surface area contributed by atoms with E-state index in [1.54, 1.807) is 21.3 Å². The van der Waals surface area contributed by atoms with Crippen molar-refractivity contribution in [3.05, 3.63) is 53.6 Å². The number of benzene rings is 2. The van der Waals surface area contributed by atoms with Crippen LogP contribution in [0.25, 0.3) is 0 Å². The Morgan fingerprint density at radius 3 is 2.23 bits per heavy atom. The van der Waals surface area contributed by atoms with Crippen molar-refractivity contribution in [1.82, 2.24) is 10.6 Å². The van der Waals surface area contributed by atoms with E-state index in [9.17, 15) is 4.79 Å². The first-order valence-electron chi connectivity index (χ1n) is 8.51. The van der Waals surface area contributed by atoms with Crippen LogP contribution in [0.4, 0.5) is 4.79 Å². The van der Waals surface area contributed by atoms with Crippen molar-refractivity contribution in [2.24, 2.45) is 0 Å². The molecule has 1 aliphatic rings. The summed E-state index contributed by atoms with van der Waals surface area (Å²) >= 11 is 0. The van der Waals surface area contributed by atoms with Crippen LogP contribution in [0, 0.1) is 0 Å². The van der Waals surface area contributed by atoms with Gasteiger partial charge < -0.3 is 24.8 Å². The third kappa shape index (κ3) is 3.85. The normalized spacial score (nSPS) is 14.3. The molecule has 0 aliphatic heterocycles. The number of nitrogens with one attached hydrogen (secondary N) is 2. The minimum atomic E-state index is -0.330. The molecule has 0 bridgehead atoms. The highest BCUT2D eigenvalue weighted by molar-refractivity contribution is 5.75. The van der Waals surface area contributed by atoms with E-state index in [1.165, 1.54) is 0 Å². The molecule has 3 rings (SSSR count). The molecule has 138 valence electrons. The Labute approximate surface area is 153 Å². The molecule has 0 spiro atoms. The van der Waals surface area contributed by atoms with E-state index in [0.29, 0.717) is 18.0 Å². The number of methoxy groups -OCH3 is 3. The molecule has 26 heavy (non-hydrogen) atoms. The third-order valence-corrected chi connectivity index (χ3v) is 4.65. The van der Waals surface area contributed by atoms with Gasteiger partial charge in [0.1, 0.15) is 5.75 Å². The fourth-order valence-corrected chi connectivity index (χ4v) is 2.93. The van der Waals surface area contributed by atoms with Crippen molar-refractivity contribution in [2.75, 3.05) is 21.3 Å². The maximum absolute atomic E-state index is 12.3. The van der Waals surface area contributed by atoms with E-state index in [1.807, 2.05) is 42.5 Å². The van der Waals surface area contributed by atoms with Crippen LogP contribution in [0.2, 0.25) is 0 Å². The summed E-state index contributed by atoms with van der Waals surface area (Å²) in [5.41, 5.74) is 1.70. The lowest BCUT2D eigenvalue weighted by atomic mass is 10.0. The fourth-order valence-electron chi connectivity index (χ4n) is 2.93. The zero-order chi connectivity index (χ0) is 18.6. The number of carbonyl (C=O) groups is 1. The van der Waals surface area contributed by atoms with Crippen LogP contribution in [0.3, 0.4) is 0 Å². The lowest BCUT2D eigenvalue weighted by molar-refractivity contribution is 0.235. The summed E-state index contributed by atoms with van der Waals surface area (Å²) in [6, 6.07) is 13.2. The van der Waals surface area contributed by atoms with Gasteiger partial charge in [0.05, 0.1) is 26.9 Å². The van der Waals surface area contributed by atoms with Gasteiger partial charge in [-0.15, -0.1) is 0 Å². The SMILES string of the molecule is COc1ccc(CNC(=O)NC2(c3ccc(OC)c(OC)c3)CC2)cc1. The molecule has 2 aromatic carbocycles. The molecule has 0 atom stereocenters. The smallest absolute Gasteiger partial charge is 0.315 e. The molecule has 6 nitrogen and oxygen atoms in total. The molecule has 0 heterocycles. The summed E-state index contributed by atoms with van der Waals surface area (Å²) < 4.78 is 15.8. The van der Waals surface area contributed by atoms with Gasteiger partial charge in [-0.1, -0.05) is 18.2 Å². The molecule has 2 amide bonds. The van der Waals surface area contributed by atoms with Crippen LogP contribution in [-0.2, 0) is 12.1 Å². The quantitative estimate of drug-likeness (QED) is 0.799. The second kappa shape index (κ2) is 7.56. The number of hydrogen-bond acceptors (Lipinski definition) is 4. The standard InChI is InChI=1S/C20H24N2O4/c1-24-16-7-4-14(5-8-16)13-21-19(23)22-20(10-11-20)15-6-9-17(25-2)18(12-15)26-3/h4-9,12H,10-11,13H2,1-3H3,(H2,21,22,23). The number of ether oxygens (including phenoxy) is 3. The van der Waals surface area contributed by atoms with Gasteiger partial charge in [-0.25, -0.2) is 4.79 Å². The average molecular weight is 356 g/mol. The Balaban J connectivity index is 1.61. The Hall–Kier alpha value is -2.89. The summed E-state index contributed by atoms with van der Waals surface area (Å²) in [7, 11) is 4.84. The van der Waals surface area contributed by atoms with E-state index in [-0.39, 0.29) is 11.6 Å². The van der Waals surface area contributed by atoms with Crippen LogP contribution in [0.1, 0.15) is 24.0 Å². The molecule has 1 aliphatic carbocycles. The first kappa shape index (κ1) is 17.9. The maximum atomic E-state index is 12.3. The highest BCUT2D eigenvalue weighted by Crippen LogP contribution is 2.47. The molecule has 0 radical (unpaired) electrons. The Morgan fingerprint density at radius 2 is 1.65 bits per heavy atom. The zero-order valence-corrected chi connectivity index (χ0v) is 15.3. The summed E-state index contributed by atoms with van der Waals surface area (Å²) in [6.45, 7) is 0.456. The molecule has 2 N–H and O–H groups in total. The van der Waals surface area contributed by atoms with Crippen molar-refractivity contribution < 1.29 is 19.0 Å². The second-order valence-corrected chi connectivity index (χ2v) is 6.31. The predicted molar refractivity (Wildman–Crippen MR) is 98.8 cm³/mol. The molecular formula is C20H24N2O4. The minimum Gasteiger partial charge on any atom is -0.497 e. The first-order valence-corrected chi connectivity index (χ1v) is 8.51. The van der Waals surface area contributed by atoms with Gasteiger partial charge in [0.15, 0.2) is 11.5 Å². The summed E-state index contributed by atoms with van der Waals surface area (Å²) in [5.74, 6) is 2.14. The fraction of sp³-hybridized carbons (Fsp3) is 0.350. The molecule has 6 heteroatoms. The largest absolute Gasteiger partial charge is 0.497 e. The van der Waals surface area contributed by atoms with Crippen molar-refractivity contribution in [1.29, 1.82) is 0 Å². The number of carbonyl (C=O) groups excluding carboxylic acids is 1. The number of amides is 2.